The molecular weight excluding hydrogens is 280 g/mol. The van der Waals surface area contributed by atoms with Crippen molar-refractivity contribution in [1.82, 2.24) is 0 Å². The Balaban J connectivity index is 2.45. The number of benzene rings is 2. The van der Waals surface area contributed by atoms with Crippen molar-refractivity contribution < 1.29 is 4.79 Å². The summed E-state index contributed by atoms with van der Waals surface area (Å²) in [5.74, 6) is -0.304. The van der Waals surface area contributed by atoms with Crippen LogP contribution in [0.1, 0.15) is 10.4 Å². The molecule has 96 valence electrons. The molecule has 0 saturated heterocycles. The molecule has 2 N–H and O–H groups in total. The zero-order valence-corrected chi connectivity index (χ0v) is 11.5. The average Bonchev–Trinajstić information content (AvgIpc) is 2.42. The zero-order valence-electron chi connectivity index (χ0n) is 9.92. The smallest absolute Gasteiger partial charge is 0.264 e. The Morgan fingerprint density at radius 2 is 1.63 bits per heavy atom. The van der Waals surface area contributed by atoms with Gasteiger partial charge in [0, 0.05) is 5.56 Å². The Kier molecular flexibility index (Phi) is 4.14. The fourth-order valence-electron chi connectivity index (χ4n) is 1.67. The lowest BCUT2D eigenvalue weighted by Crippen LogP contribution is -2.40. The Morgan fingerprint density at radius 1 is 1.05 bits per heavy atom. The van der Waals surface area contributed by atoms with Crippen LogP contribution in [0.3, 0.4) is 0 Å². The van der Waals surface area contributed by atoms with Gasteiger partial charge in [-0.15, -0.1) is 0 Å². The van der Waals surface area contributed by atoms with Crippen molar-refractivity contribution in [1.29, 1.82) is 0 Å². The highest BCUT2D eigenvalue weighted by molar-refractivity contribution is 7.80. The van der Waals surface area contributed by atoms with Crippen molar-refractivity contribution in [2.24, 2.45) is 5.73 Å². The van der Waals surface area contributed by atoms with E-state index in [-0.39, 0.29) is 11.0 Å². The predicted molar refractivity (Wildman–Crippen MR) is 81.5 cm³/mol. The van der Waals surface area contributed by atoms with E-state index in [1.54, 1.807) is 48.5 Å². The number of hydrogen-bond acceptors (Lipinski definition) is 2. The molecule has 0 radical (unpaired) electrons. The lowest BCUT2D eigenvalue weighted by Gasteiger charge is -2.21. The second kappa shape index (κ2) is 5.82. The molecule has 0 bridgehead atoms. The van der Waals surface area contributed by atoms with E-state index < -0.39 is 0 Å². The summed E-state index contributed by atoms with van der Waals surface area (Å²) in [5.41, 5.74) is 6.63. The van der Waals surface area contributed by atoms with E-state index in [4.69, 9.17) is 29.6 Å². The molecular formula is C14H11ClN2OS. The summed E-state index contributed by atoms with van der Waals surface area (Å²) in [6.45, 7) is 0. The minimum absolute atomic E-state index is 0.0399. The minimum Gasteiger partial charge on any atom is -0.376 e. The SMILES string of the molecule is NC(=S)N(C(=O)c1ccccc1)c1ccccc1Cl. The van der Waals surface area contributed by atoms with Gasteiger partial charge in [0.25, 0.3) is 5.91 Å². The van der Waals surface area contributed by atoms with E-state index in [0.29, 0.717) is 16.3 Å². The molecule has 0 aliphatic rings. The van der Waals surface area contributed by atoms with Gasteiger partial charge in [0.1, 0.15) is 0 Å². The van der Waals surface area contributed by atoms with E-state index in [9.17, 15) is 4.79 Å². The highest BCUT2D eigenvalue weighted by Gasteiger charge is 2.21. The third-order valence-electron chi connectivity index (χ3n) is 2.54. The molecule has 2 aromatic rings. The molecule has 0 spiro atoms. The molecule has 5 heteroatoms. The maximum Gasteiger partial charge on any atom is 0.264 e. The summed E-state index contributed by atoms with van der Waals surface area (Å²) in [7, 11) is 0. The van der Waals surface area contributed by atoms with Crippen LogP contribution in [0.2, 0.25) is 5.02 Å². The maximum atomic E-state index is 12.4. The van der Waals surface area contributed by atoms with Gasteiger partial charge in [-0.3, -0.25) is 9.69 Å². The van der Waals surface area contributed by atoms with Crippen molar-refractivity contribution in [3.8, 4) is 0 Å². The molecule has 2 aromatic carbocycles. The molecule has 3 nitrogen and oxygen atoms in total. The summed E-state index contributed by atoms with van der Waals surface area (Å²) in [5, 5.41) is 0.376. The van der Waals surface area contributed by atoms with Crippen molar-refractivity contribution in [2.75, 3.05) is 4.90 Å². The number of carbonyl (C=O) groups excluding carboxylic acids is 1. The fraction of sp³-hybridized carbons (Fsp3) is 0. The van der Waals surface area contributed by atoms with Crippen molar-refractivity contribution in [3.05, 3.63) is 65.2 Å². The second-order valence-electron chi connectivity index (χ2n) is 3.80. The molecule has 0 aromatic heterocycles. The van der Waals surface area contributed by atoms with Gasteiger partial charge in [0.15, 0.2) is 5.11 Å². The molecule has 0 aliphatic carbocycles. The molecule has 19 heavy (non-hydrogen) atoms. The number of nitrogens with two attached hydrogens (primary N) is 1. The predicted octanol–water partition coefficient (Wildman–Crippen LogP) is 3.23. The lowest BCUT2D eigenvalue weighted by atomic mass is 10.2. The highest BCUT2D eigenvalue weighted by atomic mass is 35.5. The third kappa shape index (κ3) is 2.92. The summed E-state index contributed by atoms with van der Waals surface area (Å²) < 4.78 is 0. The minimum atomic E-state index is -0.304. The summed E-state index contributed by atoms with van der Waals surface area (Å²) >= 11 is 11.0. The Morgan fingerprint density at radius 3 is 2.21 bits per heavy atom. The van der Waals surface area contributed by atoms with Crippen LogP contribution in [0.4, 0.5) is 5.69 Å². The van der Waals surface area contributed by atoms with Gasteiger partial charge in [0.05, 0.1) is 10.7 Å². The number of amides is 1. The molecule has 0 aliphatic heterocycles. The number of carbonyl (C=O) groups is 1. The van der Waals surface area contributed by atoms with Gasteiger partial charge >= 0.3 is 0 Å². The van der Waals surface area contributed by atoms with Gasteiger partial charge < -0.3 is 5.73 Å². The van der Waals surface area contributed by atoms with Crippen LogP contribution in [0.15, 0.2) is 54.6 Å². The van der Waals surface area contributed by atoms with Crippen molar-refractivity contribution in [2.45, 2.75) is 0 Å². The van der Waals surface area contributed by atoms with Gasteiger partial charge in [-0.2, -0.15) is 0 Å². The molecule has 0 unspecified atom stereocenters. The first-order valence-electron chi connectivity index (χ1n) is 5.54. The lowest BCUT2D eigenvalue weighted by molar-refractivity contribution is 0.100. The van der Waals surface area contributed by atoms with E-state index in [1.807, 2.05) is 6.07 Å². The standard InChI is InChI=1S/C14H11ClN2OS/c15-11-8-4-5-9-12(11)17(14(16)19)13(18)10-6-2-1-3-7-10/h1-9H,(H2,16,19). The normalized spacial score (nSPS) is 9.95. The van der Waals surface area contributed by atoms with E-state index in [2.05, 4.69) is 0 Å². The number of nitrogens with zero attached hydrogens (tertiary/aromatic N) is 1. The van der Waals surface area contributed by atoms with Crippen molar-refractivity contribution >= 4 is 40.5 Å². The molecule has 0 fully saturated rings. The highest BCUT2D eigenvalue weighted by Crippen LogP contribution is 2.26. The first-order valence-corrected chi connectivity index (χ1v) is 6.33. The molecule has 2 rings (SSSR count). The maximum absolute atomic E-state index is 12.4. The van der Waals surface area contributed by atoms with Gasteiger partial charge in [-0.25, -0.2) is 0 Å². The third-order valence-corrected chi connectivity index (χ3v) is 3.04. The molecule has 0 heterocycles. The largest absolute Gasteiger partial charge is 0.376 e. The van der Waals surface area contributed by atoms with E-state index >= 15 is 0 Å². The van der Waals surface area contributed by atoms with Crippen LogP contribution in [0.25, 0.3) is 0 Å². The van der Waals surface area contributed by atoms with Crippen LogP contribution in [-0.2, 0) is 0 Å². The molecule has 0 atom stereocenters. The number of halogens is 1. The number of anilines is 1. The summed E-state index contributed by atoms with van der Waals surface area (Å²) in [6.07, 6.45) is 0. The van der Waals surface area contributed by atoms with E-state index in [1.165, 1.54) is 4.90 Å². The number of rotatable bonds is 2. The van der Waals surface area contributed by atoms with Crippen molar-refractivity contribution in [3.63, 3.8) is 0 Å². The Labute approximate surface area is 121 Å². The first-order chi connectivity index (χ1) is 9.11. The topological polar surface area (TPSA) is 46.3 Å². The molecule has 1 amide bonds. The van der Waals surface area contributed by atoms with Gasteiger partial charge in [-0.1, -0.05) is 41.9 Å². The number of thiocarbonyl (C=S) groups is 1. The average molecular weight is 291 g/mol. The Bertz CT molecular complexity index is 616. The van der Waals surface area contributed by atoms with Crippen LogP contribution >= 0.6 is 23.8 Å². The van der Waals surface area contributed by atoms with Gasteiger partial charge in [-0.05, 0) is 36.5 Å². The monoisotopic (exact) mass is 290 g/mol. The fourth-order valence-corrected chi connectivity index (χ4v) is 2.07. The first kappa shape index (κ1) is 13.5. The quantitative estimate of drug-likeness (QED) is 0.864. The summed E-state index contributed by atoms with van der Waals surface area (Å²) in [4.78, 5) is 13.7. The zero-order chi connectivity index (χ0) is 13.8. The van der Waals surface area contributed by atoms with Crippen LogP contribution < -0.4 is 10.6 Å². The van der Waals surface area contributed by atoms with Crippen LogP contribution in [0, 0.1) is 0 Å². The second-order valence-corrected chi connectivity index (χ2v) is 4.62. The Hall–Kier alpha value is -1.91. The van der Waals surface area contributed by atoms with Gasteiger partial charge in [0.2, 0.25) is 0 Å². The number of para-hydroxylation sites is 1. The summed E-state index contributed by atoms with van der Waals surface area (Å²) in [6, 6.07) is 15.7. The number of hydrogen-bond donors (Lipinski definition) is 1. The molecule has 0 saturated carbocycles. The van der Waals surface area contributed by atoms with Crippen LogP contribution in [-0.4, -0.2) is 11.0 Å². The van der Waals surface area contributed by atoms with E-state index in [0.717, 1.165) is 0 Å². The van der Waals surface area contributed by atoms with Crippen LogP contribution in [0.5, 0.6) is 0 Å².